The van der Waals surface area contributed by atoms with E-state index in [0.717, 1.165) is 63.3 Å². The lowest BCUT2D eigenvalue weighted by Crippen LogP contribution is -2.28. The van der Waals surface area contributed by atoms with Crippen molar-refractivity contribution in [1.82, 2.24) is 39.3 Å². The molecule has 204 valence electrons. The van der Waals surface area contributed by atoms with Crippen molar-refractivity contribution in [2.75, 3.05) is 5.73 Å². The molecule has 0 unspecified atom stereocenters. The van der Waals surface area contributed by atoms with Crippen molar-refractivity contribution in [3.63, 3.8) is 0 Å². The molecule has 0 amide bonds. The monoisotopic (exact) mass is 583 g/mol. The maximum Gasteiger partial charge on any atom is 0.252 e. The lowest BCUT2D eigenvalue weighted by atomic mass is 9.71. The molecule has 4 aromatic heterocycles. The number of benzene rings is 2. The lowest BCUT2D eigenvalue weighted by molar-refractivity contribution is 0.237. The molecule has 1 fully saturated rings. The highest BCUT2D eigenvalue weighted by Crippen LogP contribution is 2.55. The van der Waals surface area contributed by atoms with E-state index in [9.17, 15) is 4.79 Å². The highest BCUT2D eigenvalue weighted by atomic mass is 35.5. The van der Waals surface area contributed by atoms with Gasteiger partial charge in [-0.25, -0.2) is 9.67 Å². The summed E-state index contributed by atoms with van der Waals surface area (Å²) >= 11 is 12.4. The number of fused-ring (bicyclic) bond motifs is 4. The summed E-state index contributed by atoms with van der Waals surface area (Å²) in [6, 6.07) is 15.1. The van der Waals surface area contributed by atoms with Gasteiger partial charge in [-0.15, -0.1) is 5.10 Å². The number of nitrogens with zero attached hydrogens (tertiary/aromatic N) is 7. The number of H-pyrrole nitrogens is 1. The Balaban J connectivity index is 1.21. The third-order valence-electron chi connectivity index (χ3n) is 8.54. The van der Waals surface area contributed by atoms with Gasteiger partial charge in [-0.05, 0) is 60.7 Å². The Morgan fingerprint density at radius 1 is 1.05 bits per heavy atom. The van der Waals surface area contributed by atoms with Crippen molar-refractivity contribution < 1.29 is 0 Å². The summed E-state index contributed by atoms with van der Waals surface area (Å²) in [4.78, 5) is 22.1. The summed E-state index contributed by atoms with van der Waals surface area (Å²) in [5, 5.41) is 14.1. The summed E-state index contributed by atoms with van der Waals surface area (Å²) < 4.78 is 5.28. The molecule has 3 atom stereocenters. The predicted molar refractivity (Wildman–Crippen MR) is 157 cm³/mol. The van der Waals surface area contributed by atoms with Crippen LogP contribution in [-0.2, 0) is 7.05 Å². The first-order valence-electron chi connectivity index (χ1n) is 13.3. The van der Waals surface area contributed by atoms with E-state index >= 15 is 0 Å². The molecular formula is C29H23Cl2N9O. The fourth-order valence-electron chi connectivity index (χ4n) is 6.51. The summed E-state index contributed by atoms with van der Waals surface area (Å²) in [6.07, 6.45) is 5.52. The Morgan fingerprint density at radius 2 is 1.93 bits per heavy atom. The Bertz CT molecular complexity index is 2070. The van der Waals surface area contributed by atoms with Gasteiger partial charge in [0.15, 0.2) is 11.0 Å². The number of imidazole rings is 1. The van der Waals surface area contributed by atoms with E-state index in [2.05, 4.69) is 26.5 Å². The topological polar surface area (TPSA) is 125 Å². The molecule has 0 spiro atoms. The predicted octanol–water partition coefficient (Wildman–Crippen LogP) is 5.36. The minimum Gasteiger partial charge on any atom is -0.382 e. The van der Waals surface area contributed by atoms with Crippen molar-refractivity contribution in [3.8, 4) is 28.1 Å². The van der Waals surface area contributed by atoms with Crippen LogP contribution in [-0.4, -0.2) is 39.3 Å². The van der Waals surface area contributed by atoms with Crippen LogP contribution in [0.15, 0.2) is 65.7 Å². The number of nitrogens with one attached hydrogen (secondary N) is 1. The number of rotatable bonds is 4. The first-order chi connectivity index (χ1) is 19.9. The molecule has 41 heavy (non-hydrogen) atoms. The standard InChI is InChI=1S/C29H23Cl2N9O/c1-38-23-8-14(2-4-19(23)28(32)36-38)21-12-33-29(34-21)27-18-6-5-17(18)24-9-15(10-26(41)40(24)27)20-11-16(30)3-7-22(20)39-13-25(31)35-37-39/h2-4,7-13,17-18,27H,5-6H2,1H3,(H2,32,36)(H,33,34)/t17-,18+,27+/m1/s1. The van der Waals surface area contributed by atoms with Gasteiger partial charge >= 0.3 is 0 Å². The first-order valence-corrected chi connectivity index (χ1v) is 14.0. The number of hydrogen-bond donors (Lipinski definition) is 2. The molecule has 2 aromatic carbocycles. The van der Waals surface area contributed by atoms with Crippen molar-refractivity contribution in [1.29, 1.82) is 0 Å². The average molecular weight is 584 g/mol. The van der Waals surface area contributed by atoms with Crippen molar-refractivity contribution in [2.45, 2.75) is 24.8 Å². The van der Waals surface area contributed by atoms with Gasteiger partial charge in [0.05, 0.1) is 35.3 Å². The van der Waals surface area contributed by atoms with Crippen LogP contribution >= 0.6 is 23.2 Å². The number of anilines is 1. The van der Waals surface area contributed by atoms with Crippen molar-refractivity contribution >= 4 is 39.9 Å². The smallest absolute Gasteiger partial charge is 0.252 e. The first kappa shape index (κ1) is 24.4. The normalized spacial score (nSPS) is 19.3. The van der Waals surface area contributed by atoms with Crippen LogP contribution in [0.1, 0.15) is 36.3 Å². The number of nitrogens with two attached hydrogens (primary N) is 1. The van der Waals surface area contributed by atoms with Gasteiger partial charge < -0.3 is 15.3 Å². The van der Waals surface area contributed by atoms with Crippen LogP contribution in [0.2, 0.25) is 10.2 Å². The summed E-state index contributed by atoms with van der Waals surface area (Å²) in [5.74, 6) is 1.86. The molecule has 8 rings (SSSR count). The molecule has 0 saturated heterocycles. The van der Waals surface area contributed by atoms with Crippen molar-refractivity contribution in [3.05, 3.63) is 93.0 Å². The van der Waals surface area contributed by atoms with Crippen LogP contribution in [0.25, 0.3) is 39.0 Å². The number of aryl methyl sites for hydroxylation is 1. The Kier molecular flexibility index (Phi) is 5.23. The summed E-state index contributed by atoms with van der Waals surface area (Å²) in [6.45, 7) is 0. The molecule has 0 radical (unpaired) electrons. The van der Waals surface area contributed by atoms with E-state index < -0.39 is 0 Å². The molecule has 0 bridgehead atoms. The molecule has 2 aliphatic rings. The zero-order chi connectivity index (χ0) is 28.0. The Morgan fingerprint density at radius 3 is 2.71 bits per heavy atom. The molecule has 6 aromatic rings. The van der Waals surface area contributed by atoms with E-state index in [1.54, 1.807) is 27.7 Å². The summed E-state index contributed by atoms with van der Waals surface area (Å²) in [7, 11) is 1.88. The van der Waals surface area contributed by atoms with Gasteiger partial charge in [0, 0.05) is 46.3 Å². The SMILES string of the molecule is Cn1nc(N)c2ccc(-c3cnc([C@@H]4[C@H]5CC[C@H]5c5cc(-c6cc(Cl)ccc6-n6cc(Cl)nn6)cc(=O)n54)[nH]3)cc21. The van der Waals surface area contributed by atoms with Gasteiger partial charge in [0.25, 0.3) is 5.56 Å². The number of hydrogen-bond acceptors (Lipinski definition) is 6. The Hall–Kier alpha value is -4.41. The lowest BCUT2D eigenvalue weighted by Gasteiger charge is -2.32. The average Bonchev–Trinajstić information content (AvgIpc) is 3.69. The number of aromatic nitrogens is 8. The molecule has 1 aliphatic heterocycles. The second kappa shape index (κ2) is 8.79. The molecule has 12 heteroatoms. The molecule has 3 N–H and O–H groups in total. The van der Waals surface area contributed by atoms with E-state index in [0.29, 0.717) is 16.8 Å². The van der Waals surface area contributed by atoms with Crippen LogP contribution in [0.3, 0.4) is 0 Å². The quantitative estimate of drug-likeness (QED) is 0.288. The number of aromatic amines is 1. The third-order valence-corrected chi connectivity index (χ3v) is 8.95. The summed E-state index contributed by atoms with van der Waals surface area (Å²) in [5.41, 5.74) is 12.1. The van der Waals surface area contributed by atoms with E-state index in [1.165, 1.54) is 0 Å². The minimum atomic E-state index is -0.164. The van der Waals surface area contributed by atoms with Gasteiger partial charge in [0.2, 0.25) is 0 Å². The third kappa shape index (κ3) is 3.67. The zero-order valence-corrected chi connectivity index (χ0v) is 23.3. The van der Waals surface area contributed by atoms with Gasteiger partial charge in [-0.1, -0.05) is 34.5 Å². The molecule has 5 heterocycles. The number of pyridine rings is 1. The highest BCUT2D eigenvalue weighted by molar-refractivity contribution is 6.31. The maximum atomic E-state index is 13.8. The minimum absolute atomic E-state index is 0.0795. The Labute approximate surface area is 243 Å². The molecular weight excluding hydrogens is 561 g/mol. The van der Waals surface area contributed by atoms with Crippen LogP contribution in [0, 0.1) is 5.92 Å². The van der Waals surface area contributed by atoms with Gasteiger partial charge in [-0.3, -0.25) is 9.48 Å². The largest absolute Gasteiger partial charge is 0.382 e. The van der Waals surface area contributed by atoms with Crippen LogP contribution in [0.4, 0.5) is 5.82 Å². The number of halogens is 2. The van der Waals surface area contributed by atoms with E-state index in [-0.39, 0.29) is 22.7 Å². The van der Waals surface area contributed by atoms with E-state index in [4.69, 9.17) is 33.9 Å². The highest BCUT2D eigenvalue weighted by Gasteiger charge is 2.48. The van der Waals surface area contributed by atoms with Gasteiger partial charge in [-0.2, -0.15) is 5.10 Å². The van der Waals surface area contributed by atoms with Crippen molar-refractivity contribution in [2.24, 2.45) is 13.0 Å². The number of nitrogen functional groups attached to an aromatic ring is 1. The van der Waals surface area contributed by atoms with Crippen LogP contribution < -0.4 is 11.3 Å². The van der Waals surface area contributed by atoms with E-state index in [1.807, 2.05) is 48.1 Å². The van der Waals surface area contributed by atoms with Crippen LogP contribution in [0.5, 0.6) is 0 Å². The second-order valence-electron chi connectivity index (χ2n) is 10.7. The van der Waals surface area contributed by atoms with Gasteiger partial charge in [0.1, 0.15) is 5.82 Å². The molecule has 10 nitrogen and oxygen atoms in total. The second-order valence-corrected chi connectivity index (χ2v) is 11.6. The zero-order valence-electron chi connectivity index (χ0n) is 21.8. The fraction of sp³-hybridized carbons (Fsp3) is 0.207. The molecule has 1 saturated carbocycles. The maximum absolute atomic E-state index is 13.8. The fourth-order valence-corrected chi connectivity index (χ4v) is 6.81. The molecule has 1 aliphatic carbocycles.